The third kappa shape index (κ3) is 3.35. The van der Waals surface area contributed by atoms with Crippen LogP contribution in [0.5, 0.6) is 0 Å². The number of rotatable bonds is 5. The lowest BCUT2D eigenvalue weighted by Crippen LogP contribution is -2.29. The van der Waals surface area contributed by atoms with Crippen LogP contribution in [0.2, 0.25) is 0 Å². The summed E-state index contributed by atoms with van der Waals surface area (Å²) in [5, 5.41) is 0. The normalized spacial score (nSPS) is 18.4. The largest absolute Gasteiger partial charge is 0.312 e. The molecule has 5 nitrogen and oxygen atoms in total. The predicted molar refractivity (Wildman–Crippen MR) is 94.6 cm³/mol. The zero-order valence-corrected chi connectivity index (χ0v) is 15.3. The van der Waals surface area contributed by atoms with Gasteiger partial charge in [-0.3, -0.25) is 4.79 Å². The van der Waals surface area contributed by atoms with E-state index in [0.717, 1.165) is 24.1 Å². The first-order chi connectivity index (χ1) is 11.4. The standard InChI is InChI=1S/C18H26N2O3S/c1-19(2)24(22,23)16-8-9-17-15(13-16)11-12-20(17)18(21)10-7-14-5-3-4-6-14/h8-9,13-14H,3-7,10-12H2,1-2H3. The van der Waals surface area contributed by atoms with Crippen molar-refractivity contribution in [2.75, 3.05) is 25.5 Å². The molecule has 1 aliphatic heterocycles. The zero-order chi connectivity index (χ0) is 17.3. The molecule has 0 radical (unpaired) electrons. The number of hydrogen-bond acceptors (Lipinski definition) is 3. The summed E-state index contributed by atoms with van der Waals surface area (Å²) in [6, 6.07) is 5.11. The molecule has 0 saturated heterocycles. The van der Waals surface area contributed by atoms with E-state index in [0.29, 0.717) is 23.8 Å². The molecule has 0 unspecified atom stereocenters. The first-order valence-corrected chi connectivity index (χ1v) is 10.2. The van der Waals surface area contributed by atoms with Gasteiger partial charge in [-0.05, 0) is 42.5 Å². The van der Waals surface area contributed by atoms with Gasteiger partial charge in [-0.15, -0.1) is 0 Å². The van der Waals surface area contributed by atoms with Gasteiger partial charge < -0.3 is 4.90 Å². The summed E-state index contributed by atoms with van der Waals surface area (Å²) in [5.74, 6) is 0.882. The zero-order valence-electron chi connectivity index (χ0n) is 14.5. The van der Waals surface area contributed by atoms with Gasteiger partial charge in [-0.1, -0.05) is 25.7 Å². The maximum atomic E-state index is 12.6. The molecule has 0 N–H and O–H groups in total. The van der Waals surface area contributed by atoms with E-state index in [9.17, 15) is 13.2 Å². The highest BCUT2D eigenvalue weighted by atomic mass is 32.2. The fourth-order valence-corrected chi connectivity index (χ4v) is 4.72. The van der Waals surface area contributed by atoms with E-state index in [1.165, 1.54) is 44.1 Å². The topological polar surface area (TPSA) is 57.7 Å². The molecule has 1 aromatic carbocycles. The van der Waals surface area contributed by atoms with Gasteiger partial charge in [0.25, 0.3) is 0 Å². The van der Waals surface area contributed by atoms with Gasteiger partial charge in [0, 0.05) is 32.7 Å². The number of carbonyl (C=O) groups is 1. The Morgan fingerprint density at radius 3 is 2.62 bits per heavy atom. The molecule has 2 aliphatic rings. The van der Waals surface area contributed by atoms with E-state index in [1.54, 1.807) is 18.2 Å². The maximum absolute atomic E-state index is 12.6. The van der Waals surface area contributed by atoms with E-state index in [4.69, 9.17) is 0 Å². The summed E-state index contributed by atoms with van der Waals surface area (Å²) in [4.78, 5) is 14.7. The van der Waals surface area contributed by atoms with Crippen molar-refractivity contribution in [3.63, 3.8) is 0 Å². The molecule has 6 heteroatoms. The third-order valence-corrected chi connectivity index (χ3v) is 7.08. The first kappa shape index (κ1) is 17.4. The summed E-state index contributed by atoms with van der Waals surface area (Å²) in [5.41, 5.74) is 1.83. The van der Waals surface area contributed by atoms with Crippen molar-refractivity contribution >= 4 is 21.6 Å². The Hall–Kier alpha value is -1.40. The summed E-state index contributed by atoms with van der Waals surface area (Å²) in [6.45, 7) is 0.657. The number of nitrogens with zero attached hydrogens (tertiary/aromatic N) is 2. The lowest BCUT2D eigenvalue weighted by molar-refractivity contribution is -0.118. The second-order valence-electron chi connectivity index (χ2n) is 7.06. The molecular formula is C18H26N2O3S. The number of fused-ring (bicyclic) bond motifs is 1. The van der Waals surface area contributed by atoms with E-state index < -0.39 is 10.0 Å². The molecule has 1 aliphatic carbocycles. The molecule has 0 bridgehead atoms. The van der Waals surface area contributed by atoms with Crippen LogP contribution in [0.1, 0.15) is 44.1 Å². The fraction of sp³-hybridized carbons (Fsp3) is 0.611. The lowest BCUT2D eigenvalue weighted by atomic mass is 10.0. The fourth-order valence-electron chi connectivity index (χ4n) is 3.77. The Morgan fingerprint density at radius 2 is 1.96 bits per heavy atom. The van der Waals surface area contributed by atoms with Gasteiger partial charge in [0.05, 0.1) is 4.90 Å². The van der Waals surface area contributed by atoms with Crippen molar-refractivity contribution < 1.29 is 13.2 Å². The Morgan fingerprint density at radius 1 is 1.25 bits per heavy atom. The van der Waals surface area contributed by atoms with Crippen molar-refractivity contribution in [1.29, 1.82) is 0 Å². The maximum Gasteiger partial charge on any atom is 0.242 e. The van der Waals surface area contributed by atoms with Crippen LogP contribution in [0.15, 0.2) is 23.1 Å². The molecule has 0 atom stereocenters. The number of benzene rings is 1. The minimum Gasteiger partial charge on any atom is -0.312 e. The van der Waals surface area contributed by atoms with Gasteiger partial charge in [0.1, 0.15) is 0 Å². The summed E-state index contributed by atoms with van der Waals surface area (Å²) in [6.07, 6.45) is 7.43. The van der Waals surface area contributed by atoms with Gasteiger partial charge >= 0.3 is 0 Å². The van der Waals surface area contributed by atoms with Crippen LogP contribution < -0.4 is 4.90 Å². The number of anilines is 1. The number of sulfonamides is 1. The third-order valence-electron chi connectivity index (χ3n) is 5.27. The number of hydrogen-bond donors (Lipinski definition) is 0. The minimum absolute atomic E-state index is 0.170. The van der Waals surface area contributed by atoms with E-state index >= 15 is 0 Å². The Labute approximate surface area is 144 Å². The van der Waals surface area contributed by atoms with Crippen LogP contribution >= 0.6 is 0 Å². The smallest absolute Gasteiger partial charge is 0.242 e. The quantitative estimate of drug-likeness (QED) is 0.820. The molecule has 1 saturated carbocycles. The van der Waals surface area contributed by atoms with Crippen LogP contribution in [0, 0.1) is 5.92 Å². The van der Waals surface area contributed by atoms with Crippen LogP contribution in [0.3, 0.4) is 0 Å². The monoisotopic (exact) mass is 350 g/mol. The highest BCUT2D eigenvalue weighted by molar-refractivity contribution is 7.89. The number of carbonyl (C=O) groups excluding carboxylic acids is 1. The van der Waals surface area contributed by atoms with Crippen molar-refractivity contribution in [1.82, 2.24) is 4.31 Å². The molecule has 132 valence electrons. The highest BCUT2D eigenvalue weighted by Crippen LogP contribution is 2.33. The van der Waals surface area contributed by atoms with Crippen molar-refractivity contribution in [3.8, 4) is 0 Å². The molecule has 1 amide bonds. The van der Waals surface area contributed by atoms with E-state index in [-0.39, 0.29) is 5.91 Å². The Kier molecular flexibility index (Phi) is 4.97. The number of amides is 1. The van der Waals surface area contributed by atoms with Crippen LogP contribution in [-0.4, -0.2) is 39.3 Å². The van der Waals surface area contributed by atoms with Crippen LogP contribution in [-0.2, 0) is 21.2 Å². The van der Waals surface area contributed by atoms with E-state index in [1.807, 2.05) is 4.90 Å². The van der Waals surface area contributed by atoms with Gasteiger partial charge in [-0.25, -0.2) is 12.7 Å². The Bertz CT molecular complexity index is 722. The van der Waals surface area contributed by atoms with Crippen LogP contribution in [0.4, 0.5) is 5.69 Å². The summed E-state index contributed by atoms with van der Waals surface area (Å²) < 4.78 is 25.7. The minimum atomic E-state index is -3.43. The van der Waals surface area contributed by atoms with Crippen molar-refractivity contribution in [2.45, 2.75) is 49.8 Å². The molecule has 0 aromatic heterocycles. The van der Waals surface area contributed by atoms with Crippen LogP contribution in [0.25, 0.3) is 0 Å². The molecule has 0 spiro atoms. The average Bonchev–Trinajstić information content (AvgIpc) is 3.21. The van der Waals surface area contributed by atoms with Gasteiger partial charge in [0.15, 0.2) is 0 Å². The average molecular weight is 350 g/mol. The predicted octanol–water partition coefficient (Wildman–Crippen LogP) is 2.80. The Balaban J connectivity index is 1.71. The van der Waals surface area contributed by atoms with Gasteiger partial charge in [-0.2, -0.15) is 0 Å². The lowest BCUT2D eigenvalue weighted by Gasteiger charge is -2.19. The van der Waals surface area contributed by atoms with Crippen molar-refractivity contribution in [2.24, 2.45) is 5.92 Å². The molecule has 1 heterocycles. The summed E-state index contributed by atoms with van der Waals surface area (Å²) >= 11 is 0. The highest BCUT2D eigenvalue weighted by Gasteiger charge is 2.27. The SMILES string of the molecule is CN(C)S(=O)(=O)c1ccc2c(c1)CCN2C(=O)CCC1CCCC1. The molecule has 1 fully saturated rings. The summed E-state index contributed by atoms with van der Waals surface area (Å²) in [7, 11) is -0.369. The second-order valence-corrected chi connectivity index (χ2v) is 9.21. The van der Waals surface area contributed by atoms with E-state index in [2.05, 4.69) is 0 Å². The second kappa shape index (κ2) is 6.84. The molecule has 24 heavy (non-hydrogen) atoms. The molecular weight excluding hydrogens is 324 g/mol. The van der Waals surface area contributed by atoms with Crippen molar-refractivity contribution in [3.05, 3.63) is 23.8 Å². The molecule has 3 rings (SSSR count). The molecule has 1 aromatic rings. The van der Waals surface area contributed by atoms with Gasteiger partial charge in [0.2, 0.25) is 15.9 Å². The first-order valence-electron chi connectivity index (χ1n) is 8.75.